The Bertz CT molecular complexity index is 555. The van der Waals surface area contributed by atoms with E-state index in [9.17, 15) is 9.59 Å². The molecule has 0 bridgehead atoms. The third-order valence-electron chi connectivity index (χ3n) is 4.69. The maximum Gasteiger partial charge on any atom is 0.308 e. The van der Waals surface area contributed by atoms with E-state index in [1.165, 1.54) is 77.6 Å². The largest absolute Gasteiger partial charge is 0.427 e. The van der Waals surface area contributed by atoms with E-state index in [1.807, 2.05) is 18.2 Å². The van der Waals surface area contributed by atoms with Crippen LogP contribution in [-0.2, 0) is 9.59 Å². The summed E-state index contributed by atoms with van der Waals surface area (Å²) < 4.78 is 4.78. The van der Waals surface area contributed by atoms with Crippen LogP contribution in [0, 0.1) is 0 Å². The standard InChI is InChI=1S/C18H35NO.C8H8O2/c1-2-3-4-5-6-7-8-9-10-11-12-13-14-15-16-17-18(19)20;1-7(9)10-8-5-3-2-4-6-8/h9-10H,2-8,11-17H2,1H3,(H2,19,20);2-6H,1H3/b10-9-;. The van der Waals surface area contributed by atoms with Crippen LogP contribution in [0.25, 0.3) is 0 Å². The molecule has 1 aromatic carbocycles. The first-order chi connectivity index (χ1) is 14.6. The molecule has 1 amide bonds. The molecule has 30 heavy (non-hydrogen) atoms. The molecule has 0 radical (unpaired) electrons. The highest BCUT2D eigenvalue weighted by Gasteiger charge is 1.94. The van der Waals surface area contributed by atoms with E-state index in [-0.39, 0.29) is 11.9 Å². The Hall–Kier alpha value is -2.10. The van der Waals surface area contributed by atoms with Crippen LogP contribution in [-0.4, -0.2) is 11.9 Å². The van der Waals surface area contributed by atoms with Crippen molar-refractivity contribution < 1.29 is 14.3 Å². The van der Waals surface area contributed by atoms with Crippen LogP contribution in [0.1, 0.15) is 104 Å². The Balaban J connectivity index is 0.000000696. The van der Waals surface area contributed by atoms with Crippen molar-refractivity contribution in [2.75, 3.05) is 0 Å². The zero-order chi connectivity index (χ0) is 22.3. The van der Waals surface area contributed by atoms with Gasteiger partial charge in [-0.1, -0.05) is 88.6 Å². The van der Waals surface area contributed by atoms with Crippen LogP contribution >= 0.6 is 0 Å². The van der Waals surface area contributed by atoms with Crippen LogP contribution in [0.15, 0.2) is 42.5 Å². The minimum absolute atomic E-state index is 0.164. The maximum absolute atomic E-state index is 10.5. The fourth-order valence-corrected chi connectivity index (χ4v) is 3.02. The number of primary amides is 1. The van der Waals surface area contributed by atoms with Gasteiger partial charge in [0.05, 0.1) is 0 Å². The average molecular weight is 418 g/mol. The summed E-state index contributed by atoms with van der Waals surface area (Å²) in [5.74, 6) is 0.142. The third kappa shape index (κ3) is 22.2. The van der Waals surface area contributed by atoms with E-state index >= 15 is 0 Å². The van der Waals surface area contributed by atoms with Crippen molar-refractivity contribution in [2.24, 2.45) is 5.73 Å². The van der Waals surface area contributed by atoms with Crippen molar-refractivity contribution in [3.05, 3.63) is 42.5 Å². The number of esters is 1. The first-order valence-electron chi connectivity index (χ1n) is 11.7. The topological polar surface area (TPSA) is 69.4 Å². The van der Waals surface area contributed by atoms with Crippen LogP contribution < -0.4 is 10.5 Å². The fourth-order valence-electron chi connectivity index (χ4n) is 3.02. The fraction of sp³-hybridized carbons (Fsp3) is 0.615. The summed E-state index contributed by atoms with van der Waals surface area (Å²) in [6, 6.07) is 8.98. The minimum atomic E-state index is -0.286. The predicted octanol–water partition coefficient (Wildman–Crippen LogP) is 7.12. The number of ether oxygens (including phenoxy) is 1. The molecule has 0 fully saturated rings. The van der Waals surface area contributed by atoms with E-state index in [1.54, 1.807) is 12.1 Å². The van der Waals surface area contributed by atoms with E-state index in [0.29, 0.717) is 12.2 Å². The summed E-state index contributed by atoms with van der Waals surface area (Å²) in [6.45, 7) is 3.65. The van der Waals surface area contributed by atoms with Gasteiger partial charge in [-0.3, -0.25) is 9.59 Å². The number of benzene rings is 1. The first kappa shape index (κ1) is 27.9. The highest BCUT2D eigenvalue weighted by atomic mass is 16.5. The van der Waals surface area contributed by atoms with E-state index < -0.39 is 0 Å². The van der Waals surface area contributed by atoms with Gasteiger partial charge >= 0.3 is 5.97 Å². The quantitative estimate of drug-likeness (QED) is 0.135. The number of nitrogens with two attached hydrogens (primary N) is 1. The van der Waals surface area contributed by atoms with E-state index in [2.05, 4.69) is 19.1 Å². The van der Waals surface area contributed by atoms with Crippen molar-refractivity contribution in [3.63, 3.8) is 0 Å². The number of carbonyl (C=O) groups excluding carboxylic acids is 2. The Morgan fingerprint density at radius 2 is 1.30 bits per heavy atom. The molecule has 0 aliphatic carbocycles. The molecule has 0 unspecified atom stereocenters. The molecule has 0 aliphatic heterocycles. The molecule has 0 aromatic heterocycles. The Morgan fingerprint density at radius 1 is 0.800 bits per heavy atom. The van der Waals surface area contributed by atoms with E-state index in [4.69, 9.17) is 10.5 Å². The van der Waals surface area contributed by atoms with Gasteiger partial charge in [-0.25, -0.2) is 0 Å². The number of allylic oxidation sites excluding steroid dienone is 2. The lowest BCUT2D eigenvalue weighted by Crippen LogP contribution is -2.09. The van der Waals surface area contributed by atoms with Crippen molar-refractivity contribution in [3.8, 4) is 5.75 Å². The number of rotatable bonds is 16. The molecule has 0 aliphatic rings. The second-order valence-corrected chi connectivity index (χ2v) is 7.71. The van der Waals surface area contributed by atoms with Gasteiger partial charge in [0.1, 0.15) is 5.75 Å². The lowest BCUT2D eigenvalue weighted by molar-refractivity contribution is -0.131. The lowest BCUT2D eigenvalue weighted by atomic mass is 10.1. The number of unbranched alkanes of at least 4 members (excludes halogenated alkanes) is 11. The Labute approximate surface area is 184 Å². The monoisotopic (exact) mass is 417 g/mol. The van der Waals surface area contributed by atoms with Gasteiger partial charge in [-0.15, -0.1) is 0 Å². The zero-order valence-electron chi connectivity index (χ0n) is 19.2. The number of carbonyl (C=O) groups is 2. The second kappa shape index (κ2) is 21.6. The Kier molecular flexibility index (Phi) is 20.1. The van der Waals surface area contributed by atoms with Gasteiger partial charge in [0, 0.05) is 13.3 Å². The van der Waals surface area contributed by atoms with Gasteiger partial charge in [0.25, 0.3) is 0 Å². The third-order valence-corrected chi connectivity index (χ3v) is 4.69. The molecule has 0 heterocycles. The van der Waals surface area contributed by atoms with Crippen molar-refractivity contribution >= 4 is 11.9 Å². The van der Waals surface area contributed by atoms with Crippen LogP contribution in [0.4, 0.5) is 0 Å². The maximum atomic E-state index is 10.5. The minimum Gasteiger partial charge on any atom is -0.427 e. The number of hydrogen-bond acceptors (Lipinski definition) is 3. The summed E-state index contributed by atoms with van der Waals surface area (Å²) in [6.07, 6.45) is 21.9. The highest BCUT2D eigenvalue weighted by molar-refractivity contribution is 5.73. The SMILES string of the molecule is CC(=O)Oc1ccccc1.CCCCCCCC/C=C\CCCCCCCC(N)=O. The normalized spacial score (nSPS) is 10.5. The van der Waals surface area contributed by atoms with E-state index in [0.717, 1.165) is 12.8 Å². The first-order valence-corrected chi connectivity index (χ1v) is 11.7. The molecule has 2 N–H and O–H groups in total. The molecule has 0 atom stereocenters. The predicted molar refractivity (Wildman–Crippen MR) is 126 cm³/mol. The molecular formula is C26H43NO3. The van der Waals surface area contributed by atoms with Gasteiger partial charge < -0.3 is 10.5 Å². The molecule has 1 rings (SSSR count). The molecule has 1 aromatic rings. The molecule has 0 saturated carbocycles. The summed E-state index contributed by atoms with van der Waals surface area (Å²) >= 11 is 0. The average Bonchev–Trinajstić information content (AvgIpc) is 2.71. The number of hydrogen-bond donors (Lipinski definition) is 1. The molecule has 0 spiro atoms. The van der Waals surface area contributed by atoms with Crippen molar-refractivity contribution in [1.82, 2.24) is 0 Å². The van der Waals surface area contributed by atoms with Crippen LogP contribution in [0.5, 0.6) is 5.75 Å². The van der Waals surface area contributed by atoms with Crippen molar-refractivity contribution in [1.29, 1.82) is 0 Å². The number of para-hydroxylation sites is 1. The Morgan fingerprint density at radius 3 is 1.80 bits per heavy atom. The summed E-state index contributed by atoms with van der Waals surface area (Å²) in [5.41, 5.74) is 5.10. The summed E-state index contributed by atoms with van der Waals surface area (Å²) in [5, 5.41) is 0. The highest BCUT2D eigenvalue weighted by Crippen LogP contribution is 2.10. The molecule has 170 valence electrons. The lowest BCUT2D eigenvalue weighted by Gasteiger charge is -1.99. The van der Waals surface area contributed by atoms with Gasteiger partial charge in [0.15, 0.2) is 0 Å². The molecule has 4 nitrogen and oxygen atoms in total. The van der Waals surface area contributed by atoms with Gasteiger partial charge in [0.2, 0.25) is 5.91 Å². The summed E-state index contributed by atoms with van der Waals surface area (Å²) in [7, 11) is 0. The smallest absolute Gasteiger partial charge is 0.308 e. The van der Waals surface area contributed by atoms with Crippen LogP contribution in [0.3, 0.4) is 0 Å². The zero-order valence-corrected chi connectivity index (χ0v) is 19.2. The van der Waals surface area contributed by atoms with Crippen molar-refractivity contribution in [2.45, 2.75) is 104 Å². The second-order valence-electron chi connectivity index (χ2n) is 7.71. The molecule has 0 saturated heterocycles. The molecule has 4 heteroatoms. The molecular weight excluding hydrogens is 374 g/mol. The van der Waals surface area contributed by atoms with Gasteiger partial charge in [-0.2, -0.15) is 0 Å². The number of amides is 1. The summed E-state index contributed by atoms with van der Waals surface area (Å²) in [4.78, 5) is 20.9. The van der Waals surface area contributed by atoms with Crippen LogP contribution in [0.2, 0.25) is 0 Å². The van der Waals surface area contributed by atoms with Gasteiger partial charge in [-0.05, 0) is 44.2 Å².